The number of aryl methyl sites for hydroxylation is 2. The van der Waals surface area contributed by atoms with Crippen molar-refractivity contribution in [2.24, 2.45) is 0 Å². The molecule has 0 aliphatic carbocycles. The van der Waals surface area contributed by atoms with Crippen molar-refractivity contribution >= 4 is 40.2 Å². The van der Waals surface area contributed by atoms with Crippen molar-refractivity contribution in [3.8, 4) is 0 Å². The van der Waals surface area contributed by atoms with Crippen LogP contribution in [-0.2, 0) is 9.53 Å². The summed E-state index contributed by atoms with van der Waals surface area (Å²) in [5.41, 5.74) is 3.26. The summed E-state index contributed by atoms with van der Waals surface area (Å²) >= 11 is 1.41. The molecule has 4 rings (SSSR count). The first-order valence-electron chi connectivity index (χ1n) is 9.95. The number of nitrogens with zero attached hydrogens (tertiary/aromatic N) is 4. The molecule has 0 spiro atoms. The molecule has 1 aliphatic heterocycles. The molecule has 0 atom stereocenters. The van der Waals surface area contributed by atoms with Crippen molar-refractivity contribution in [3.05, 3.63) is 57.5 Å². The average molecular weight is 439 g/mol. The van der Waals surface area contributed by atoms with E-state index in [2.05, 4.69) is 9.97 Å². The number of fused-ring (bicyclic) bond motifs is 1. The molecule has 8 nitrogen and oxygen atoms in total. The number of rotatable bonds is 4. The third-order valence-corrected chi connectivity index (χ3v) is 6.15. The fourth-order valence-corrected chi connectivity index (χ4v) is 4.07. The number of carbonyl (C=O) groups excluding carboxylic acids is 3. The van der Waals surface area contributed by atoms with E-state index in [4.69, 9.17) is 4.74 Å². The summed E-state index contributed by atoms with van der Waals surface area (Å²) in [5, 5.41) is 1.87. The molecular formula is C22H22N4O4S. The maximum absolute atomic E-state index is 12.5. The van der Waals surface area contributed by atoms with Gasteiger partial charge in [0, 0.05) is 26.2 Å². The number of thiophene rings is 1. The standard InChI is InChI=1S/C22H22N4O4S/c1-14-15(2)24-18-12-16(5-6-17(18)23-14)22(29)30-13-20(27)25-7-9-26(10-8-25)21(28)19-4-3-11-31-19/h3-6,11-12H,7-10,13H2,1-2H3. The highest BCUT2D eigenvalue weighted by Crippen LogP contribution is 2.16. The van der Waals surface area contributed by atoms with Gasteiger partial charge < -0.3 is 14.5 Å². The number of hydrogen-bond acceptors (Lipinski definition) is 7. The summed E-state index contributed by atoms with van der Waals surface area (Å²) < 4.78 is 5.22. The number of piperazine rings is 1. The first-order chi connectivity index (χ1) is 14.9. The Hall–Kier alpha value is -3.33. The van der Waals surface area contributed by atoms with E-state index in [1.807, 2.05) is 25.3 Å². The molecule has 160 valence electrons. The number of aromatic nitrogens is 2. The second kappa shape index (κ2) is 8.81. The monoisotopic (exact) mass is 438 g/mol. The van der Waals surface area contributed by atoms with Crippen molar-refractivity contribution in [1.29, 1.82) is 0 Å². The van der Waals surface area contributed by atoms with Crippen LogP contribution in [0.25, 0.3) is 11.0 Å². The number of carbonyl (C=O) groups is 3. The van der Waals surface area contributed by atoms with Gasteiger partial charge in [-0.3, -0.25) is 9.59 Å². The molecule has 3 aromatic rings. The van der Waals surface area contributed by atoms with E-state index in [1.54, 1.807) is 34.1 Å². The Morgan fingerprint density at radius 2 is 1.65 bits per heavy atom. The molecule has 2 amide bonds. The van der Waals surface area contributed by atoms with Crippen LogP contribution in [-0.4, -0.2) is 70.3 Å². The highest BCUT2D eigenvalue weighted by molar-refractivity contribution is 7.12. The highest BCUT2D eigenvalue weighted by atomic mass is 32.1. The quantitative estimate of drug-likeness (QED) is 0.581. The Kier molecular flexibility index (Phi) is 5.94. The van der Waals surface area contributed by atoms with Gasteiger partial charge in [0.15, 0.2) is 6.61 Å². The number of hydrogen-bond donors (Lipinski definition) is 0. The zero-order chi connectivity index (χ0) is 22.0. The number of amides is 2. The predicted molar refractivity (Wildman–Crippen MR) is 116 cm³/mol. The fraction of sp³-hybridized carbons (Fsp3) is 0.318. The second-order valence-electron chi connectivity index (χ2n) is 7.32. The number of ether oxygens (including phenoxy) is 1. The van der Waals surface area contributed by atoms with Gasteiger partial charge in [0.1, 0.15) is 0 Å². The molecule has 2 aromatic heterocycles. The molecule has 9 heteroatoms. The van der Waals surface area contributed by atoms with Crippen LogP contribution in [0.4, 0.5) is 0 Å². The molecule has 0 bridgehead atoms. The first-order valence-corrected chi connectivity index (χ1v) is 10.8. The van der Waals surface area contributed by atoms with Crippen molar-refractivity contribution in [1.82, 2.24) is 19.8 Å². The lowest BCUT2D eigenvalue weighted by atomic mass is 10.2. The minimum absolute atomic E-state index is 0.0154. The molecule has 0 saturated carbocycles. The van der Waals surface area contributed by atoms with E-state index in [9.17, 15) is 14.4 Å². The van der Waals surface area contributed by atoms with Gasteiger partial charge >= 0.3 is 5.97 Å². The van der Waals surface area contributed by atoms with Gasteiger partial charge in [-0.1, -0.05) is 6.07 Å². The molecular weight excluding hydrogens is 416 g/mol. The van der Waals surface area contributed by atoms with Crippen LogP contribution in [0.5, 0.6) is 0 Å². The smallest absolute Gasteiger partial charge is 0.338 e. The van der Waals surface area contributed by atoms with Crippen LogP contribution in [0.1, 0.15) is 31.4 Å². The molecule has 1 aromatic carbocycles. The predicted octanol–water partition coefficient (Wildman–Crippen LogP) is 2.45. The molecule has 1 aliphatic rings. The zero-order valence-corrected chi connectivity index (χ0v) is 18.1. The number of esters is 1. The maximum atomic E-state index is 12.5. The van der Waals surface area contributed by atoms with Gasteiger partial charge in [-0.15, -0.1) is 11.3 Å². The van der Waals surface area contributed by atoms with Crippen LogP contribution >= 0.6 is 11.3 Å². The summed E-state index contributed by atoms with van der Waals surface area (Å²) in [7, 11) is 0. The van der Waals surface area contributed by atoms with Crippen molar-refractivity contribution in [2.75, 3.05) is 32.8 Å². The molecule has 1 saturated heterocycles. The van der Waals surface area contributed by atoms with E-state index in [0.29, 0.717) is 47.7 Å². The van der Waals surface area contributed by atoms with Gasteiger partial charge in [0.25, 0.3) is 11.8 Å². The third kappa shape index (κ3) is 4.56. The van der Waals surface area contributed by atoms with E-state index in [1.165, 1.54) is 11.3 Å². The molecule has 3 heterocycles. The van der Waals surface area contributed by atoms with Crippen LogP contribution in [0.2, 0.25) is 0 Å². The van der Waals surface area contributed by atoms with E-state index < -0.39 is 5.97 Å². The molecule has 31 heavy (non-hydrogen) atoms. The van der Waals surface area contributed by atoms with Gasteiger partial charge in [0.2, 0.25) is 0 Å². The highest BCUT2D eigenvalue weighted by Gasteiger charge is 2.26. The lowest BCUT2D eigenvalue weighted by Gasteiger charge is -2.34. The van der Waals surface area contributed by atoms with Crippen LogP contribution < -0.4 is 0 Å². The Morgan fingerprint density at radius 3 is 2.32 bits per heavy atom. The van der Waals surface area contributed by atoms with E-state index >= 15 is 0 Å². The van der Waals surface area contributed by atoms with E-state index in [0.717, 1.165) is 11.4 Å². The molecule has 0 unspecified atom stereocenters. The minimum atomic E-state index is -0.582. The third-order valence-electron chi connectivity index (χ3n) is 5.29. The molecule has 1 fully saturated rings. The van der Waals surface area contributed by atoms with Crippen molar-refractivity contribution in [3.63, 3.8) is 0 Å². The average Bonchev–Trinajstić information content (AvgIpc) is 3.32. The van der Waals surface area contributed by atoms with Crippen molar-refractivity contribution in [2.45, 2.75) is 13.8 Å². The summed E-state index contributed by atoms with van der Waals surface area (Å²) in [6, 6.07) is 8.60. The van der Waals surface area contributed by atoms with Crippen molar-refractivity contribution < 1.29 is 19.1 Å². The molecule has 0 radical (unpaired) electrons. The second-order valence-corrected chi connectivity index (χ2v) is 8.27. The summed E-state index contributed by atoms with van der Waals surface area (Å²) in [4.78, 5) is 50.2. The summed E-state index contributed by atoms with van der Waals surface area (Å²) in [6.45, 7) is 5.15. The Labute approximate surface area is 183 Å². The normalized spacial score (nSPS) is 14.0. The first kappa shape index (κ1) is 20.9. The zero-order valence-electron chi connectivity index (χ0n) is 17.3. The Bertz CT molecular complexity index is 1140. The molecule has 0 N–H and O–H groups in total. The van der Waals surface area contributed by atoms with Gasteiger partial charge in [-0.2, -0.15) is 0 Å². The van der Waals surface area contributed by atoms with Gasteiger partial charge in [-0.25, -0.2) is 14.8 Å². The van der Waals surface area contributed by atoms with Gasteiger partial charge in [0.05, 0.1) is 32.9 Å². The lowest BCUT2D eigenvalue weighted by molar-refractivity contribution is -0.136. The maximum Gasteiger partial charge on any atom is 0.338 e. The topological polar surface area (TPSA) is 92.7 Å². The number of benzene rings is 1. The van der Waals surface area contributed by atoms with E-state index in [-0.39, 0.29) is 18.4 Å². The largest absolute Gasteiger partial charge is 0.452 e. The van der Waals surface area contributed by atoms with Gasteiger partial charge in [-0.05, 0) is 43.5 Å². The van der Waals surface area contributed by atoms with Crippen LogP contribution in [0.15, 0.2) is 35.7 Å². The summed E-state index contributed by atoms with van der Waals surface area (Å²) in [6.07, 6.45) is 0. The summed E-state index contributed by atoms with van der Waals surface area (Å²) in [5.74, 6) is -0.872. The van der Waals surface area contributed by atoms with Crippen LogP contribution in [0.3, 0.4) is 0 Å². The SMILES string of the molecule is Cc1nc2ccc(C(=O)OCC(=O)N3CCN(C(=O)c4cccs4)CC3)cc2nc1C. The Balaban J connectivity index is 1.31. The fourth-order valence-electron chi connectivity index (χ4n) is 3.37. The Morgan fingerprint density at radius 1 is 0.968 bits per heavy atom. The lowest BCUT2D eigenvalue weighted by Crippen LogP contribution is -2.51. The van der Waals surface area contributed by atoms with Crippen LogP contribution in [0, 0.1) is 13.8 Å². The minimum Gasteiger partial charge on any atom is -0.452 e.